The number of aryl methyl sites for hydroxylation is 1. The van der Waals surface area contributed by atoms with Crippen molar-refractivity contribution in [2.45, 2.75) is 26.7 Å². The fourth-order valence-electron chi connectivity index (χ4n) is 2.34. The van der Waals surface area contributed by atoms with Crippen molar-refractivity contribution in [3.8, 4) is 0 Å². The van der Waals surface area contributed by atoms with E-state index in [1.54, 1.807) is 0 Å². The van der Waals surface area contributed by atoms with E-state index in [2.05, 4.69) is 13.8 Å². The number of hydrogen-bond donors (Lipinski definition) is 0. The molecule has 0 saturated carbocycles. The maximum absolute atomic E-state index is 12.5. The van der Waals surface area contributed by atoms with Gasteiger partial charge in [0.05, 0.1) is 10.8 Å². The zero-order valence-corrected chi connectivity index (χ0v) is 11.4. The molecule has 0 bridgehead atoms. The second-order valence-electron chi connectivity index (χ2n) is 5.34. The van der Waals surface area contributed by atoms with Crippen molar-refractivity contribution in [1.29, 1.82) is 0 Å². The van der Waals surface area contributed by atoms with Crippen molar-refractivity contribution in [2.75, 3.05) is 0 Å². The van der Waals surface area contributed by atoms with Gasteiger partial charge in [0.15, 0.2) is 0 Å². The Bertz CT molecular complexity index is 826. The van der Waals surface area contributed by atoms with E-state index in [9.17, 15) is 4.79 Å². The van der Waals surface area contributed by atoms with E-state index in [4.69, 9.17) is 4.42 Å². The lowest BCUT2D eigenvalue weighted by Crippen LogP contribution is -2.03. The van der Waals surface area contributed by atoms with Crippen molar-refractivity contribution >= 4 is 21.9 Å². The molecule has 2 aromatic carbocycles. The number of hydrogen-bond acceptors (Lipinski definition) is 2. The van der Waals surface area contributed by atoms with Crippen LogP contribution in [0.2, 0.25) is 0 Å². The normalized spacial score (nSPS) is 11.6. The molecule has 1 aromatic heterocycles. The third-order valence-electron chi connectivity index (χ3n) is 3.52. The smallest absolute Gasteiger partial charge is 0.200 e. The molecule has 2 nitrogen and oxygen atoms in total. The topological polar surface area (TPSA) is 30.2 Å². The highest BCUT2D eigenvalue weighted by molar-refractivity contribution is 5.90. The van der Waals surface area contributed by atoms with Crippen molar-refractivity contribution in [1.82, 2.24) is 0 Å². The molecular formula is C17H16O2. The third-order valence-corrected chi connectivity index (χ3v) is 3.52. The lowest BCUT2D eigenvalue weighted by atomic mass is 10.0. The van der Waals surface area contributed by atoms with Crippen LogP contribution in [0.5, 0.6) is 0 Å². The van der Waals surface area contributed by atoms with Gasteiger partial charge in [0.2, 0.25) is 5.43 Å². The van der Waals surface area contributed by atoms with Gasteiger partial charge in [-0.1, -0.05) is 26.0 Å². The molecule has 0 aliphatic rings. The van der Waals surface area contributed by atoms with Crippen molar-refractivity contribution in [3.05, 3.63) is 57.7 Å². The zero-order valence-electron chi connectivity index (χ0n) is 11.4. The molecule has 1 heterocycles. The summed E-state index contributed by atoms with van der Waals surface area (Å²) in [5, 5.41) is 1.32. The molecule has 0 radical (unpaired) electrons. The molecule has 0 aliphatic heterocycles. The summed E-state index contributed by atoms with van der Waals surface area (Å²) in [7, 11) is 0. The Morgan fingerprint density at radius 1 is 0.947 bits per heavy atom. The van der Waals surface area contributed by atoms with Crippen LogP contribution in [-0.2, 0) is 0 Å². The van der Waals surface area contributed by atoms with Crippen molar-refractivity contribution in [2.24, 2.45) is 0 Å². The van der Waals surface area contributed by atoms with Gasteiger partial charge in [-0.2, -0.15) is 0 Å². The molecule has 3 rings (SSSR count). The Balaban J connectivity index is 2.44. The molecule has 0 saturated heterocycles. The predicted octanol–water partition coefficient (Wildman–Crippen LogP) is 4.38. The highest BCUT2D eigenvalue weighted by Crippen LogP contribution is 2.23. The van der Waals surface area contributed by atoms with Gasteiger partial charge in [-0.3, -0.25) is 4.79 Å². The van der Waals surface area contributed by atoms with Gasteiger partial charge in [-0.25, -0.2) is 0 Å². The van der Waals surface area contributed by atoms with Crippen LogP contribution in [0.1, 0.15) is 30.9 Å². The SMILES string of the molecule is Cc1ccc2c(=O)c3cc(C(C)C)ccc3oc2c1. The first-order valence-corrected chi connectivity index (χ1v) is 6.53. The predicted molar refractivity (Wildman–Crippen MR) is 78.8 cm³/mol. The Labute approximate surface area is 111 Å². The van der Waals surface area contributed by atoms with Gasteiger partial charge >= 0.3 is 0 Å². The molecule has 0 amide bonds. The quantitative estimate of drug-likeness (QED) is 0.602. The summed E-state index contributed by atoms with van der Waals surface area (Å²) in [5.74, 6) is 0.400. The van der Waals surface area contributed by atoms with Crippen LogP contribution in [0.25, 0.3) is 21.9 Å². The fourth-order valence-corrected chi connectivity index (χ4v) is 2.34. The molecule has 0 fully saturated rings. The van der Waals surface area contributed by atoms with E-state index in [1.165, 1.54) is 0 Å². The standard InChI is InChI=1S/C17H16O2/c1-10(2)12-5-7-15-14(9-12)17(18)13-6-4-11(3)8-16(13)19-15/h4-10H,1-3H3. The summed E-state index contributed by atoms with van der Waals surface area (Å²) in [5.41, 5.74) is 3.63. The van der Waals surface area contributed by atoms with Gasteiger partial charge < -0.3 is 4.42 Å². The minimum absolute atomic E-state index is 0.0544. The molecule has 0 atom stereocenters. The molecule has 0 aliphatic carbocycles. The second-order valence-corrected chi connectivity index (χ2v) is 5.34. The van der Waals surface area contributed by atoms with Crippen LogP contribution in [0, 0.1) is 6.92 Å². The largest absolute Gasteiger partial charge is 0.456 e. The summed E-state index contributed by atoms with van der Waals surface area (Å²) in [6.45, 7) is 6.23. The zero-order chi connectivity index (χ0) is 13.6. The second kappa shape index (κ2) is 4.23. The molecular weight excluding hydrogens is 236 g/mol. The Morgan fingerprint density at radius 2 is 1.74 bits per heavy atom. The lowest BCUT2D eigenvalue weighted by molar-refractivity contribution is 0.659. The van der Waals surface area contributed by atoms with Crippen LogP contribution in [0.4, 0.5) is 0 Å². The van der Waals surface area contributed by atoms with E-state index in [-0.39, 0.29) is 5.43 Å². The van der Waals surface area contributed by atoms with Gasteiger partial charge in [-0.15, -0.1) is 0 Å². The Morgan fingerprint density at radius 3 is 2.47 bits per heavy atom. The van der Waals surface area contributed by atoms with Crippen LogP contribution >= 0.6 is 0 Å². The van der Waals surface area contributed by atoms with E-state index in [0.717, 1.165) is 11.1 Å². The average Bonchev–Trinajstić information content (AvgIpc) is 2.38. The minimum Gasteiger partial charge on any atom is -0.456 e. The van der Waals surface area contributed by atoms with Crippen molar-refractivity contribution in [3.63, 3.8) is 0 Å². The molecule has 0 spiro atoms. The summed E-state index contributed by atoms with van der Waals surface area (Å²) in [4.78, 5) is 12.5. The molecule has 96 valence electrons. The first-order chi connectivity index (χ1) is 9.06. The first-order valence-electron chi connectivity index (χ1n) is 6.53. The van der Waals surface area contributed by atoms with E-state index in [0.29, 0.717) is 27.9 Å². The van der Waals surface area contributed by atoms with Gasteiger partial charge in [0.1, 0.15) is 11.2 Å². The highest BCUT2D eigenvalue weighted by atomic mass is 16.3. The summed E-state index contributed by atoms with van der Waals surface area (Å²) >= 11 is 0. The number of benzene rings is 2. The summed E-state index contributed by atoms with van der Waals surface area (Å²) in [6.07, 6.45) is 0. The van der Waals surface area contributed by atoms with Gasteiger partial charge in [0, 0.05) is 0 Å². The minimum atomic E-state index is 0.0544. The Hall–Kier alpha value is -2.09. The van der Waals surface area contributed by atoms with Gasteiger partial charge in [0.25, 0.3) is 0 Å². The van der Waals surface area contributed by atoms with Crippen molar-refractivity contribution < 1.29 is 4.42 Å². The third kappa shape index (κ3) is 1.93. The van der Waals surface area contributed by atoms with Gasteiger partial charge in [-0.05, 0) is 48.2 Å². The van der Waals surface area contributed by atoms with Crippen LogP contribution in [0.15, 0.2) is 45.6 Å². The maximum Gasteiger partial charge on any atom is 0.200 e. The maximum atomic E-state index is 12.5. The monoisotopic (exact) mass is 252 g/mol. The lowest BCUT2D eigenvalue weighted by Gasteiger charge is -2.07. The molecule has 2 heteroatoms. The molecule has 3 aromatic rings. The highest BCUT2D eigenvalue weighted by Gasteiger charge is 2.09. The number of fused-ring (bicyclic) bond motifs is 2. The van der Waals surface area contributed by atoms with E-state index >= 15 is 0 Å². The summed E-state index contributed by atoms with van der Waals surface area (Å²) in [6, 6.07) is 11.6. The number of rotatable bonds is 1. The van der Waals surface area contributed by atoms with Crippen LogP contribution in [-0.4, -0.2) is 0 Å². The van der Waals surface area contributed by atoms with E-state index < -0.39 is 0 Å². The van der Waals surface area contributed by atoms with Crippen LogP contribution in [0.3, 0.4) is 0 Å². The first kappa shape index (κ1) is 12.0. The molecule has 0 N–H and O–H groups in total. The Kier molecular flexibility index (Phi) is 2.67. The summed E-state index contributed by atoms with van der Waals surface area (Å²) < 4.78 is 5.84. The fraction of sp³-hybridized carbons (Fsp3) is 0.235. The van der Waals surface area contributed by atoms with E-state index in [1.807, 2.05) is 43.3 Å². The van der Waals surface area contributed by atoms with Crippen LogP contribution < -0.4 is 5.43 Å². The molecule has 19 heavy (non-hydrogen) atoms. The average molecular weight is 252 g/mol. The molecule has 0 unspecified atom stereocenters.